The summed E-state index contributed by atoms with van der Waals surface area (Å²) >= 11 is 0. The molecule has 0 spiro atoms. The monoisotopic (exact) mass is 301 g/mol. The summed E-state index contributed by atoms with van der Waals surface area (Å²) in [5.41, 5.74) is 3.48. The molecule has 116 valence electrons. The van der Waals surface area contributed by atoms with E-state index in [0.29, 0.717) is 5.75 Å². The Morgan fingerprint density at radius 1 is 1.14 bits per heavy atom. The van der Waals surface area contributed by atoms with E-state index in [1.54, 1.807) is 19.2 Å². The van der Waals surface area contributed by atoms with Gasteiger partial charge in [-0.25, -0.2) is 4.39 Å². The molecule has 2 aromatic rings. The third-order valence-corrected chi connectivity index (χ3v) is 4.14. The number of phenolic OH excluding ortho intramolecular Hbond substituents is 1. The van der Waals surface area contributed by atoms with Gasteiger partial charge in [-0.2, -0.15) is 0 Å². The summed E-state index contributed by atoms with van der Waals surface area (Å²) in [7, 11) is 1.55. The van der Waals surface area contributed by atoms with Crippen LogP contribution in [0.5, 0.6) is 11.5 Å². The lowest BCUT2D eigenvalue weighted by Gasteiger charge is -2.14. The summed E-state index contributed by atoms with van der Waals surface area (Å²) in [5.74, 6) is 0.529. The number of fused-ring (bicyclic) bond motifs is 1. The number of methoxy groups -OCH3 is 1. The van der Waals surface area contributed by atoms with Gasteiger partial charge in [-0.3, -0.25) is 4.90 Å². The highest BCUT2D eigenvalue weighted by Crippen LogP contribution is 2.27. The number of nitrogens with zero attached hydrogens (tertiary/aromatic N) is 1. The van der Waals surface area contributed by atoms with Gasteiger partial charge in [-0.05, 0) is 60.3 Å². The topological polar surface area (TPSA) is 32.7 Å². The van der Waals surface area contributed by atoms with Crippen molar-refractivity contribution in [2.24, 2.45) is 0 Å². The Morgan fingerprint density at radius 2 is 1.95 bits per heavy atom. The summed E-state index contributed by atoms with van der Waals surface area (Å²) in [4.78, 5) is 2.34. The van der Waals surface area contributed by atoms with Crippen LogP contribution in [-0.4, -0.2) is 23.7 Å². The Bertz CT molecular complexity index is 672. The third kappa shape index (κ3) is 3.22. The van der Waals surface area contributed by atoms with E-state index in [1.807, 2.05) is 18.2 Å². The number of rotatable bonds is 5. The van der Waals surface area contributed by atoms with Crippen molar-refractivity contribution in [3.63, 3.8) is 0 Å². The van der Waals surface area contributed by atoms with Crippen LogP contribution < -0.4 is 4.74 Å². The van der Waals surface area contributed by atoms with E-state index in [-0.39, 0.29) is 11.6 Å². The van der Waals surface area contributed by atoms with E-state index < -0.39 is 0 Å². The van der Waals surface area contributed by atoms with E-state index in [2.05, 4.69) is 4.90 Å². The fourth-order valence-electron chi connectivity index (χ4n) is 2.98. The van der Waals surface area contributed by atoms with Gasteiger partial charge in [0.05, 0.1) is 7.11 Å². The van der Waals surface area contributed by atoms with Gasteiger partial charge < -0.3 is 9.84 Å². The molecule has 0 unspecified atom stereocenters. The van der Waals surface area contributed by atoms with Crippen LogP contribution in [0, 0.1) is 5.82 Å². The fraction of sp³-hybridized carbons (Fsp3) is 0.333. The quantitative estimate of drug-likeness (QED) is 0.917. The average Bonchev–Trinajstić information content (AvgIpc) is 2.90. The first-order valence-corrected chi connectivity index (χ1v) is 7.51. The Kier molecular flexibility index (Phi) is 4.29. The molecule has 1 N–H and O–H groups in total. The maximum atomic E-state index is 13.2. The lowest BCUT2D eigenvalue weighted by atomic mass is 10.1. The minimum Gasteiger partial charge on any atom is -0.504 e. The number of aryl methyl sites for hydroxylation is 1. The number of halogens is 1. The largest absolute Gasteiger partial charge is 0.504 e. The van der Waals surface area contributed by atoms with Crippen molar-refractivity contribution in [1.82, 2.24) is 4.90 Å². The molecule has 0 amide bonds. The maximum Gasteiger partial charge on any atom is 0.160 e. The van der Waals surface area contributed by atoms with Crippen molar-refractivity contribution >= 4 is 0 Å². The highest BCUT2D eigenvalue weighted by molar-refractivity contribution is 5.41. The summed E-state index contributed by atoms with van der Waals surface area (Å²) in [6.45, 7) is 2.69. The van der Waals surface area contributed by atoms with Crippen LogP contribution in [-0.2, 0) is 19.5 Å². The molecule has 3 rings (SSSR count). The molecule has 0 atom stereocenters. The maximum absolute atomic E-state index is 13.2. The minimum atomic E-state index is -0.156. The van der Waals surface area contributed by atoms with E-state index in [0.717, 1.165) is 43.6 Å². The molecule has 0 aromatic heterocycles. The number of benzene rings is 2. The summed E-state index contributed by atoms with van der Waals surface area (Å²) in [6.07, 6.45) is 1.95. The number of hydrogen-bond donors (Lipinski definition) is 1. The van der Waals surface area contributed by atoms with Crippen LogP contribution >= 0.6 is 0 Å². The molecular weight excluding hydrogens is 281 g/mol. The average molecular weight is 301 g/mol. The standard InChI is InChI=1S/C18H20FNO2/c1-22-18-9-13(4-7-17(18)21)3-2-8-20-11-14-5-6-16(19)10-15(14)12-20/h4-7,9-10,21H,2-3,8,11-12H2,1H3. The molecule has 0 bridgehead atoms. The van der Waals surface area contributed by atoms with E-state index in [9.17, 15) is 9.50 Å². The second kappa shape index (κ2) is 6.36. The lowest BCUT2D eigenvalue weighted by Crippen LogP contribution is -2.18. The van der Waals surface area contributed by atoms with Crippen molar-refractivity contribution in [2.75, 3.05) is 13.7 Å². The van der Waals surface area contributed by atoms with Crippen molar-refractivity contribution in [3.05, 3.63) is 58.9 Å². The molecule has 0 aliphatic carbocycles. The fourth-order valence-corrected chi connectivity index (χ4v) is 2.98. The summed E-state index contributed by atoms with van der Waals surface area (Å²) in [6, 6.07) is 10.5. The normalized spacial score (nSPS) is 14.1. The molecule has 3 nitrogen and oxygen atoms in total. The minimum absolute atomic E-state index is 0.156. The van der Waals surface area contributed by atoms with E-state index in [1.165, 1.54) is 11.6 Å². The number of ether oxygens (including phenoxy) is 1. The molecule has 4 heteroatoms. The number of hydrogen-bond acceptors (Lipinski definition) is 3. The Labute approximate surface area is 130 Å². The van der Waals surface area contributed by atoms with Gasteiger partial charge in [0.2, 0.25) is 0 Å². The molecule has 0 saturated heterocycles. The molecule has 0 radical (unpaired) electrons. The van der Waals surface area contributed by atoms with Crippen molar-refractivity contribution in [3.8, 4) is 11.5 Å². The van der Waals surface area contributed by atoms with Crippen LogP contribution in [0.25, 0.3) is 0 Å². The first-order valence-electron chi connectivity index (χ1n) is 7.51. The van der Waals surface area contributed by atoms with Gasteiger partial charge >= 0.3 is 0 Å². The zero-order chi connectivity index (χ0) is 15.5. The van der Waals surface area contributed by atoms with E-state index >= 15 is 0 Å². The second-order valence-corrected chi connectivity index (χ2v) is 5.73. The van der Waals surface area contributed by atoms with Gasteiger partial charge in [0.25, 0.3) is 0 Å². The SMILES string of the molecule is COc1cc(CCCN2Cc3ccc(F)cc3C2)ccc1O. The molecular formula is C18H20FNO2. The summed E-state index contributed by atoms with van der Waals surface area (Å²) in [5, 5.41) is 9.59. The van der Waals surface area contributed by atoms with Gasteiger partial charge in [0, 0.05) is 13.1 Å². The first-order chi connectivity index (χ1) is 10.7. The van der Waals surface area contributed by atoms with Crippen molar-refractivity contribution < 1.29 is 14.2 Å². The zero-order valence-electron chi connectivity index (χ0n) is 12.7. The van der Waals surface area contributed by atoms with Crippen LogP contribution in [0.2, 0.25) is 0 Å². The lowest BCUT2D eigenvalue weighted by molar-refractivity contribution is 0.280. The van der Waals surface area contributed by atoms with E-state index in [4.69, 9.17) is 4.74 Å². The van der Waals surface area contributed by atoms with Gasteiger partial charge in [0.15, 0.2) is 11.5 Å². The van der Waals surface area contributed by atoms with Crippen LogP contribution in [0.1, 0.15) is 23.1 Å². The molecule has 1 heterocycles. The number of phenols is 1. The Morgan fingerprint density at radius 3 is 2.77 bits per heavy atom. The number of aromatic hydroxyl groups is 1. The second-order valence-electron chi connectivity index (χ2n) is 5.73. The Hall–Kier alpha value is -2.07. The molecule has 0 saturated carbocycles. The molecule has 1 aliphatic rings. The molecule has 22 heavy (non-hydrogen) atoms. The molecule has 1 aliphatic heterocycles. The summed E-state index contributed by atoms with van der Waals surface area (Å²) < 4.78 is 18.3. The molecule has 2 aromatic carbocycles. The van der Waals surface area contributed by atoms with Crippen molar-refractivity contribution in [1.29, 1.82) is 0 Å². The van der Waals surface area contributed by atoms with Gasteiger partial charge in [-0.15, -0.1) is 0 Å². The highest BCUT2D eigenvalue weighted by atomic mass is 19.1. The van der Waals surface area contributed by atoms with Crippen molar-refractivity contribution in [2.45, 2.75) is 25.9 Å². The third-order valence-electron chi connectivity index (χ3n) is 4.14. The van der Waals surface area contributed by atoms with Crippen LogP contribution in [0.15, 0.2) is 36.4 Å². The van der Waals surface area contributed by atoms with Crippen LogP contribution in [0.4, 0.5) is 4.39 Å². The predicted molar refractivity (Wildman–Crippen MR) is 83.5 cm³/mol. The smallest absolute Gasteiger partial charge is 0.160 e. The first kappa shape index (κ1) is 14.9. The Balaban J connectivity index is 1.52. The van der Waals surface area contributed by atoms with Crippen LogP contribution in [0.3, 0.4) is 0 Å². The predicted octanol–water partition coefficient (Wildman–Crippen LogP) is 3.49. The van der Waals surface area contributed by atoms with Gasteiger partial charge in [-0.1, -0.05) is 12.1 Å². The zero-order valence-corrected chi connectivity index (χ0v) is 12.7. The molecule has 0 fully saturated rings. The van der Waals surface area contributed by atoms with Gasteiger partial charge in [0.1, 0.15) is 5.82 Å². The highest BCUT2D eigenvalue weighted by Gasteiger charge is 2.18.